The van der Waals surface area contributed by atoms with Crippen molar-refractivity contribution in [3.05, 3.63) is 24.0 Å². The molecule has 0 bridgehead atoms. The highest BCUT2D eigenvalue weighted by molar-refractivity contribution is 6.06. The van der Waals surface area contributed by atoms with E-state index in [-0.39, 0.29) is 18.2 Å². The summed E-state index contributed by atoms with van der Waals surface area (Å²) in [5.41, 5.74) is 1.78. The summed E-state index contributed by atoms with van der Waals surface area (Å²) in [6.07, 6.45) is 3.51. The molecule has 2 rings (SSSR count). The molecule has 2 amide bonds. The molecule has 1 unspecified atom stereocenters. The van der Waals surface area contributed by atoms with Crippen molar-refractivity contribution in [2.24, 2.45) is 0 Å². The highest BCUT2D eigenvalue weighted by Crippen LogP contribution is 2.15. The Morgan fingerprint density at radius 3 is 2.93 bits per heavy atom. The molecule has 1 saturated heterocycles. The van der Waals surface area contributed by atoms with Crippen LogP contribution in [0.25, 0.3) is 0 Å². The zero-order chi connectivity index (χ0) is 10.8. The molecule has 78 valence electrons. The standard InChI is InChI=1S/C10H11N3O2/c1-6-2-3-11-5-8(6)12-7-4-9(14)13-10(7)15/h2-3,5,7,12H,4H2,1H3,(H,13,14,15). The van der Waals surface area contributed by atoms with Gasteiger partial charge in [0.25, 0.3) is 0 Å². The minimum Gasteiger partial charge on any atom is -0.372 e. The summed E-state index contributed by atoms with van der Waals surface area (Å²) in [6.45, 7) is 1.92. The molecule has 5 nitrogen and oxygen atoms in total. The smallest absolute Gasteiger partial charge is 0.249 e. The first-order valence-electron chi connectivity index (χ1n) is 4.67. The fourth-order valence-electron chi connectivity index (χ4n) is 1.47. The van der Waals surface area contributed by atoms with Gasteiger partial charge >= 0.3 is 0 Å². The lowest BCUT2D eigenvalue weighted by Gasteiger charge is -2.12. The second kappa shape index (κ2) is 3.68. The van der Waals surface area contributed by atoms with E-state index in [1.54, 1.807) is 12.4 Å². The van der Waals surface area contributed by atoms with Crippen LogP contribution in [0.15, 0.2) is 18.5 Å². The molecule has 1 aliphatic rings. The van der Waals surface area contributed by atoms with Gasteiger partial charge in [-0.3, -0.25) is 19.9 Å². The van der Waals surface area contributed by atoms with Crippen LogP contribution in [-0.2, 0) is 9.59 Å². The molecule has 0 aliphatic carbocycles. The van der Waals surface area contributed by atoms with Crippen LogP contribution in [0.4, 0.5) is 5.69 Å². The minimum absolute atomic E-state index is 0.188. The van der Waals surface area contributed by atoms with Gasteiger partial charge in [-0.15, -0.1) is 0 Å². The number of anilines is 1. The zero-order valence-corrected chi connectivity index (χ0v) is 8.28. The van der Waals surface area contributed by atoms with Gasteiger partial charge in [0.15, 0.2) is 0 Å². The fourth-order valence-corrected chi connectivity index (χ4v) is 1.47. The van der Waals surface area contributed by atoms with E-state index in [1.807, 2.05) is 13.0 Å². The first-order chi connectivity index (χ1) is 7.16. The van der Waals surface area contributed by atoms with Crippen molar-refractivity contribution < 1.29 is 9.59 Å². The van der Waals surface area contributed by atoms with E-state index in [0.717, 1.165) is 11.3 Å². The van der Waals surface area contributed by atoms with E-state index in [0.29, 0.717) is 0 Å². The zero-order valence-electron chi connectivity index (χ0n) is 8.28. The van der Waals surface area contributed by atoms with Crippen molar-refractivity contribution in [1.82, 2.24) is 10.3 Å². The van der Waals surface area contributed by atoms with E-state index >= 15 is 0 Å². The van der Waals surface area contributed by atoms with Gasteiger partial charge in [-0.2, -0.15) is 0 Å². The summed E-state index contributed by atoms with van der Waals surface area (Å²) in [5, 5.41) is 5.24. The van der Waals surface area contributed by atoms with Gasteiger partial charge in [-0.25, -0.2) is 0 Å². The molecule has 2 heterocycles. The van der Waals surface area contributed by atoms with Crippen LogP contribution in [0, 0.1) is 6.92 Å². The lowest BCUT2D eigenvalue weighted by molar-refractivity contribution is -0.124. The molecule has 1 aromatic rings. The summed E-state index contributed by atoms with van der Waals surface area (Å²) >= 11 is 0. The van der Waals surface area contributed by atoms with Crippen LogP contribution >= 0.6 is 0 Å². The number of rotatable bonds is 2. The number of carbonyl (C=O) groups excluding carboxylic acids is 2. The number of carbonyl (C=O) groups is 2. The lowest BCUT2D eigenvalue weighted by Crippen LogP contribution is -2.30. The lowest BCUT2D eigenvalue weighted by atomic mass is 10.2. The molecule has 5 heteroatoms. The third kappa shape index (κ3) is 1.96. The highest BCUT2D eigenvalue weighted by atomic mass is 16.2. The second-order valence-corrected chi connectivity index (χ2v) is 3.50. The van der Waals surface area contributed by atoms with Crippen molar-refractivity contribution in [2.45, 2.75) is 19.4 Å². The Kier molecular flexibility index (Phi) is 2.37. The molecule has 1 aromatic heterocycles. The number of nitrogens with zero attached hydrogens (tertiary/aromatic N) is 1. The molecule has 0 saturated carbocycles. The molecular formula is C10H11N3O2. The van der Waals surface area contributed by atoms with Gasteiger partial charge < -0.3 is 5.32 Å². The SMILES string of the molecule is Cc1ccncc1NC1CC(=O)NC1=O. The normalized spacial score (nSPS) is 20.2. The fraction of sp³-hybridized carbons (Fsp3) is 0.300. The maximum atomic E-state index is 11.3. The van der Waals surface area contributed by atoms with Gasteiger partial charge in [0.05, 0.1) is 18.3 Å². The van der Waals surface area contributed by atoms with Crippen LogP contribution in [0.5, 0.6) is 0 Å². The third-order valence-electron chi connectivity index (χ3n) is 2.34. The highest BCUT2D eigenvalue weighted by Gasteiger charge is 2.30. The summed E-state index contributed by atoms with van der Waals surface area (Å²) in [4.78, 5) is 26.2. The summed E-state index contributed by atoms with van der Waals surface area (Å²) in [6, 6.07) is 1.37. The number of hydrogen-bond acceptors (Lipinski definition) is 4. The number of hydrogen-bond donors (Lipinski definition) is 2. The molecule has 15 heavy (non-hydrogen) atoms. The van der Waals surface area contributed by atoms with E-state index in [2.05, 4.69) is 15.6 Å². The molecule has 0 spiro atoms. The largest absolute Gasteiger partial charge is 0.372 e. The molecule has 2 N–H and O–H groups in total. The van der Waals surface area contributed by atoms with E-state index in [1.165, 1.54) is 0 Å². The first-order valence-corrected chi connectivity index (χ1v) is 4.67. The van der Waals surface area contributed by atoms with Crippen molar-refractivity contribution >= 4 is 17.5 Å². The average Bonchev–Trinajstić information content (AvgIpc) is 2.49. The van der Waals surface area contributed by atoms with E-state index in [9.17, 15) is 9.59 Å². The van der Waals surface area contributed by atoms with E-state index in [4.69, 9.17) is 0 Å². The average molecular weight is 205 g/mol. The summed E-state index contributed by atoms with van der Waals surface area (Å²) in [5.74, 6) is -0.512. The van der Waals surface area contributed by atoms with Crippen molar-refractivity contribution in [2.75, 3.05) is 5.32 Å². The van der Waals surface area contributed by atoms with Crippen LogP contribution in [0.2, 0.25) is 0 Å². The quantitative estimate of drug-likeness (QED) is 0.677. The van der Waals surface area contributed by atoms with Crippen molar-refractivity contribution in [1.29, 1.82) is 0 Å². The second-order valence-electron chi connectivity index (χ2n) is 3.50. The monoisotopic (exact) mass is 205 g/mol. The molecular weight excluding hydrogens is 194 g/mol. The summed E-state index contributed by atoms with van der Waals surface area (Å²) in [7, 11) is 0. The topological polar surface area (TPSA) is 71.1 Å². The Bertz CT molecular complexity index is 417. The van der Waals surface area contributed by atoms with Gasteiger partial charge in [0.1, 0.15) is 6.04 Å². The predicted octanol–water partition coefficient (Wildman–Crippen LogP) is 0.217. The van der Waals surface area contributed by atoms with Crippen LogP contribution in [-0.4, -0.2) is 22.8 Å². The van der Waals surface area contributed by atoms with Crippen LogP contribution < -0.4 is 10.6 Å². The van der Waals surface area contributed by atoms with Gasteiger partial charge in [-0.05, 0) is 18.6 Å². The molecule has 1 fully saturated rings. The minimum atomic E-state index is -0.472. The number of aryl methyl sites for hydroxylation is 1. The summed E-state index contributed by atoms with van der Waals surface area (Å²) < 4.78 is 0. The maximum Gasteiger partial charge on any atom is 0.249 e. The number of aromatic nitrogens is 1. The van der Waals surface area contributed by atoms with Gasteiger partial charge in [0.2, 0.25) is 11.8 Å². The molecule has 1 atom stereocenters. The van der Waals surface area contributed by atoms with Crippen LogP contribution in [0.3, 0.4) is 0 Å². The molecule has 1 aliphatic heterocycles. The first kappa shape index (κ1) is 9.64. The maximum absolute atomic E-state index is 11.3. The number of nitrogens with one attached hydrogen (secondary N) is 2. The third-order valence-corrected chi connectivity index (χ3v) is 2.34. The van der Waals surface area contributed by atoms with Crippen molar-refractivity contribution in [3.63, 3.8) is 0 Å². The van der Waals surface area contributed by atoms with E-state index < -0.39 is 6.04 Å². The Balaban J connectivity index is 2.13. The number of amides is 2. The van der Waals surface area contributed by atoms with Crippen molar-refractivity contribution in [3.8, 4) is 0 Å². The van der Waals surface area contributed by atoms with Gasteiger partial charge in [0, 0.05) is 6.20 Å². The Morgan fingerprint density at radius 1 is 1.53 bits per heavy atom. The number of imide groups is 1. The molecule has 0 aromatic carbocycles. The Labute approximate surface area is 86.9 Å². The number of pyridine rings is 1. The predicted molar refractivity (Wildman–Crippen MR) is 54.2 cm³/mol. The Morgan fingerprint density at radius 2 is 2.33 bits per heavy atom. The van der Waals surface area contributed by atoms with Gasteiger partial charge in [-0.1, -0.05) is 0 Å². The Hall–Kier alpha value is -1.91. The van der Waals surface area contributed by atoms with Crippen LogP contribution in [0.1, 0.15) is 12.0 Å². The molecule has 0 radical (unpaired) electrons.